The maximum absolute atomic E-state index is 12.5. The zero-order chi connectivity index (χ0) is 17.3. The zero-order valence-electron chi connectivity index (χ0n) is 15.1. The van der Waals surface area contributed by atoms with E-state index in [1.54, 1.807) is 0 Å². The predicted octanol–water partition coefficient (Wildman–Crippen LogP) is 3.49. The summed E-state index contributed by atoms with van der Waals surface area (Å²) in [6.07, 6.45) is 5.61. The van der Waals surface area contributed by atoms with Gasteiger partial charge in [-0.15, -0.1) is 6.58 Å². The number of carbonyl (C=O) groups excluding carboxylic acids is 1. The van der Waals surface area contributed by atoms with Crippen LogP contribution >= 0.6 is 0 Å². The summed E-state index contributed by atoms with van der Waals surface area (Å²) in [6.45, 7) is 12.4. The van der Waals surface area contributed by atoms with Crippen LogP contribution in [0.2, 0.25) is 0 Å². The molecule has 0 heterocycles. The molecule has 23 heavy (non-hydrogen) atoms. The maximum Gasteiger partial charge on any atom is 0.138 e. The van der Waals surface area contributed by atoms with Crippen molar-refractivity contribution in [3.8, 4) is 0 Å². The topological polar surface area (TPSA) is 57.5 Å². The minimum Gasteiger partial charge on any atom is -0.390 e. The SMILES string of the molecule is C=C[C@@]1(C)CC[C@@H]2[C@@]3(C)CCC(=O)C(C)(C)[C@@H]3C[C@H](O)[C@@]2(O)C1. The van der Waals surface area contributed by atoms with E-state index in [2.05, 4.69) is 20.4 Å². The van der Waals surface area contributed by atoms with E-state index in [1.165, 1.54) is 0 Å². The van der Waals surface area contributed by atoms with Crippen LogP contribution in [0.4, 0.5) is 0 Å². The molecule has 0 spiro atoms. The van der Waals surface area contributed by atoms with Crippen molar-refractivity contribution in [2.24, 2.45) is 28.1 Å². The number of aliphatic hydroxyl groups is 2. The third-order valence-corrected chi connectivity index (χ3v) is 7.90. The van der Waals surface area contributed by atoms with Gasteiger partial charge >= 0.3 is 0 Å². The Morgan fingerprint density at radius 3 is 2.43 bits per heavy atom. The van der Waals surface area contributed by atoms with Gasteiger partial charge in [-0.3, -0.25) is 4.79 Å². The van der Waals surface area contributed by atoms with Crippen LogP contribution in [0.3, 0.4) is 0 Å². The van der Waals surface area contributed by atoms with E-state index in [9.17, 15) is 15.0 Å². The number of hydrogen-bond donors (Lipinski definition) is 2. The first-order valence-electron chi connectivity index (χ1n) is 9.07. The molecule has 3 nitrogen and oxygen atoms in total. The zero-order valence-corrected chi connectivity index (χ0v) is 15.1. The molecular weight excluding hydrogens is 288 g/mol. The molecule has 0 bridgehead atoms. The van der Waals surface area contributed by atoms with E-state index in [0.717, 1.165) is 19.3 Å². The summed E-state index contributed by atoms with van der Waals surface area (Å²) in [5, 5.41) is 22.4. The Kier molecular flexibility index (Phi) is 3.67. The standard InChI is InChI=1S/C20H32O3/c1-6-18(4)9-7-13-19(5)10-8-15(21)17(2,3)14(19)11-16(22)20(13,23)12-18/h6,13-14,16,22-23H,1,7-12H2,2-5H3/t13-,14+,16+,18+,19-,20-/m1/s1. The lowest BCUT2D eigenvalue weighted by atomic mass is 9.41. The van der Waals surface area contributed by atoms with E-state index in [1.807, 2.05) is 19.9 Å². The van der Waals surface area contributed by atoms with Crippen molar-refractivity contribution in [3.05, 3.63) is 12.7 Å². The summed E-state index contributed by atoms with van der Waals surface area (Å²) in [5.74, 6) is 0.512. The maximum atomic E-state index is 12.5. The lowest BCUT2D eigenvalue weighted by molar-refractivity contribution is -0.246. The number of aliphatic hydroxyl groups excluding tert-OH is 1. The molecule has 130 valence electrons. The van der Waals surface area contributed by atoms with E-state index in [0.29, 0.717) is 25.0 Å². The van der Waals surface area contributed by atoms with Crippen molar-refractivity contribution < 1.29 is 15.0 Å². The van der Waals surface area contributed by atoms with Gasteiger partial charge in [0, 0.05) is 11.8 Å². The number of ketones is 1. The molecule has 0 aliphatic heterocycles. The Morgan fingerprint density at radius 1 is 1.17 bits per heavy atom. The Bertz CT molecular complexity index is 539. The van der Waals surface area contributed by atoms with E-state index >= 15 is 0 Å². The normalized spacial score (nSPS) is 52.4. The first kappa shape index (κ1) is 17.2. The van der Waals surface area contributed by atoms with Crippen LogP contribution < -0.4 is 0 Å². The number of hydrogen-bond acceptors (Lipinski definition) is 3. The lowest BCUT2D eigenvalue weighted by Gasteiger charge is -2.65. The summed E-state index contributed by atoms with van der Waals surface area (Å²) < 4.78 is 0. The van der Waals surface area contributed by atoms with Crippen LogP contribution in [0.25, 0.3) is 0 Å². The van der Waals surface area contributed by atoms with Gasteiger partial charge < -0.3 is 10.2 Å². The van der Waals surface area contributed by atoms with Crippen LogP contribution in [0.5, 0.6) is 0 Å². The second-order valence-corrected chi connectivity index (χ2v) is 9.57. The smallest absolute Gasteiger partial charge is 0.138 e. The molecule has 0 aromatic heterocycles. The molecule has 3 saturated carbocycles. The van der Waals surface area contributed by atoms with Crippen molar-refractivity contribution in [2.75, 3.05) is 0 Å². The molecule has 0 saturated heterocycles. The Balaban J connectivity index is 2.03. The average Bonchev–Trinajstić information content (AvgIpc) is 2.47. The first-order valence-corrected chi connectivity index (χ1v) is 9.07. The lowest BCUT2D eigenvalue weighted by Crippen LogP contribution is -2.68. The Morgan fingerprint density at radius 2 is 1.83 bits per heavy atom. The van der Waals surface area contributed by atoms with Gasteiger partial charge in [-0.05, 0) is 54.8 Å². The average molecular weight is 320 g/mol. The summed E-state index contributed by atoms with van der Waals surface area (Å²) in [7, 11) is 0. The molecule has 3 heteroatoms. The predicted molar refractivity (Wildman–Crippen MR) is 90.8 cm³/mol. The van der Waals surface area contributed by atoms with Gasteiger partial charge in [0.05, 0.1) is 11.7 Å². The molecule has 0 aromatic carbocycles. The largest absolute Gasteiger partial charge is 0.390 e. The molecular formula is C20H32O3. The van der Waals surface area contributed by atoms with E-state index < -0.39 is 17.1 Å². The van der Waals surface area contributed by atoms with E-state index in [-0.39, 0.29) is 22.7 Å². The van der Waals surface area contributed by atoms with Gasteiger partial charge in [0.2, 0.25) is 0 Å². The van der Waals surface area contributed by atoms with Crippen LogP contribution in [-0.2, 0) is 4.79 Å². The molecule has 3 rings (SSSR count). The van der Waals surface area contributed by atoms with Gasteiger partial charge in [-0.1, -0.05) is 33.8 Å². The fourth-order valence-corrected chi connectivity index (χ4v) is 6.31. The van der Waals surface area contributed by atoms with Crippen LogP contribution in [0.1, 0.15) is 66.2 Å². The Hall–Kier alpha value is -0.670. The number of allylic oxidation sites excluding steroid dienone is 1. The van der Waals surface area contributed by atoms with Crippen molar-refractivity contribution in [3.63, 3.8) is 0 Å². The van der Waals surface area contributed by atoms with Crippen molar-refractivity contribution >= 4 is 5.78 Å². The molecule has 3 fully saturated rings. The highest BCUT2D eigenvalue weighted by molar-refractivity contribution is 5.85. The molecule has 2 N–H and O–H groups in total. The first-order chi connectivity index (χ1) is 10.5. The second-order valence-electron chi connectivity index (χ2n) is 9.57. The highest BCUT2D eigenvalue weighted by Crippen LogP contribution is 2.65. The number of carbonyl (C=O) groups is 1. The monoisotopic (exact) mass is 320 g/mol. The van der Waals surface area contributed by atoms with Crippen molar-refractivity contribution in [2.45, 2.75) is 77.9 Å². The third kappa shape index (κ3) is 2.19. The summed E-state index contributed by atoms with van der Waals surface area (Å²) in [6, 6.07) is 0. The number of fused-ring (bicyclic) bond motifs is 3. The summed E-state index contributed by atoms with van der Waals surface area (Å²) in [5.41, 5.74) is -1.65. The fourth-order valence-electron chi connectivity index (χ4n) is 6.31. The molecule has 3 aliphatic carbocycles. The molecule has 6 atom stereocenters. The number of rotatable bonds is 1. The van der Waals surface area contributed by atoms with Gasteiger partial charge in [0.25, 0.3) is 0 Å². The number of Topliss-reactive ketones (excluding diaryl/α,β-unsaturated/α-hetero) is 1. The molecule has 0 aromatic rings. The molecule has 0 amide bonds. The minimum absolute atomic E-state index is 0.0594. The van der Waals surface area contributed by atoms with Gasteiger partial charge in [0.1, 0.15) is 5.78 Å². The third-order valence-electron chi connectivity index (χ3n) is 7.90. The van der Waals surface area contributed by atoms with Gasteiger partial charge in [0.15, 0.2) is 0 Å². The van der Waals surface area contributed by atoms with Gasteiger partial charge in [-0.25, -0.2) is 0 Å². The van der Waals surface area contributed by atoms with Crippen molar-refractivity contribution in [1.29, 1.82) is 0 Å². The minimum atomic E-state index is -1.05. The second kappa shape index (κ2) is 4.92. The van der Waals surface area contributed by atoms with Crippen molar-refractivity contribution in [1.82, 2.24) is 0 Å². The van der Waals surface area contributed by atoms with E-state index in [4.69, 9.17) is 0 Å². The van der Waals surface area contributed by atoms with Gasteiger partial charge in [-0.2, -0.15) is 0 Å². The highest BCUT2D eigenvalue weighted by atomic mass is 16.3. The summed E-state index contributed by atoms with van der Waals surface area (Å²) in [4.78, 5) is 12.5. The van der Waals surface area contributed by atoms with Crippen LogP contribution in [-0.4, -0.2) is 27.7 Å². The highest BCUT2D eigenvalue weighted by Gasteiger charge is 2.66. The Labute approximate surface area is 140 Å². The van der Waals surface area contributed by atoms with Crippen LogP contribution in [0.15, 0.2) is 12.7 Å². The fraction of sp³-hybridized carbons (Fsp3) is 0.850. The molecule has 0 unspecified atom stereocenters. The summed E-state index contributed by atoms with van der Waals surface area (Å²) >= 11 is 0. The molecule has 3 aliphatic rings. The quantitative estimate of drug-likeness (QED) is 0.727. The molecule has 0 radical (unpaired) electrons. The van der Waals surface area contributed by atoms with Crippen LogP contribution in [0, 0.1) is 28.1 Å².